The zero-order valence-electron chi connectivity index (χ0n) is 16.6. The molecule has 1 aromatic rings. The highest BCUT2D eigenvalue weighted by atomic mass is 32.3. The molecule has 0 unspecified atom stereocenters. The number of benzene rings is 1. The fourth-order valence-corrected chi connectivity index (χ4v) is 5.31. The van der Waals surface area contributed by atoms with Gasteiger partial charge < -0.3 is 4.90 Å². The average molecular weight is 437 g/mol. The maximum atomic E-state index is 12.7. The van der Waals surface area contributed by atoms with Gasteiger partial charge in [-0.1, -0.05) is 38.6 Å². The van der Waals surface area contributed by atoms with Crippen molar-refractivity contribution in [3.63, 3.8) is 0 Å². The van der Waals surface area contributed by atoms with Gasteiger partial charge in [0.1, 0.15) is 4.24 Å². The number of halogens is 3. The molecule has 0 radical (unpaired) electrons. The third-order valence-electron chi connectivity index (χ3n) is 4.19. The number of alkyl halides is 3. The fraction of sp³-hybridized carbons (Fsp3) is 0.474. The second-order valence-corrected chi connectivity index (χ2v) is 8.74. The molecule has 158 valence electrons. The Balaban J connectivity index is 0.00000190. The average Bonchev–Trinajstić information content (AvgIpc) is 2.69. The molecule has 0 spiro atoms. The van der Waals surface area contributed by atoms with E-state index in [1.165, 1.54) is 28.2 Å². The predicted molar refractivity (Wildman–Crippen MR) is 113 cm³/mol. The van der Waals surface area contributed by atoms with E-state index in [2.05, 4.69) is 6.58 Å². The van der Waals surface area contributed by atoms with Gasteiger partial charge in [0.2, 0.25) is 10.0 Å². The highest BCUT2D eigenvalue weighted by Crippen LogP contribution is 2.33. The first kappa shape index (κ1) is 24.6. The molecule has 1 fully saturated rings. The van der Waals surface area contributed by atoms with Gasteiger partial charge in [-0.05, 0) is 30.9 Å². The maximum Gasteiger partial charge on any atom is 0.416 e. The number of nitrogens with zero attached hydrogens (tertiary/aromatic N) is 2. The van der Waals surface area contributed by atoms with E-state index in [4.69, 9.17) is 0 Å². The standard InChI is InChI=1S/C17H21F3N2O2S2.C2H6/c1-4-16(25-3)26(23,24)22-11-9-21(10-12-22)15-7-5-14(6-8-15)13(2)17(18,19)20;1-2/h4-8H,2,9-12H2,1,3H3;1-2H3/b16-4+;. The van der Waals surface area contributed by atoms with E-state index in [1.54, 1.807) is 31.4 Å². The second-order valence-electron chi connectivity index (χ2n) is 5.73. The van der Waals surface area contributed by atoms with Gasteiger partial charge in [-0.3, -0.25) is 0 Å². The third kappa shape index (κ3) is 5.78. The smallest absolute Gasteiger partial charge is 0.369 e. The highest BCUT2D eigenvalue weighted by Gasteiger charge is 2.33. The molecule has 0 atom stereocenters. The summed E-state index contributed by atoms with van der Waals surface area (Å²) in [5, 5.41) is 0. The summed E-state index contributed by atoms with van der Waals surface area (Å²) in [6.45, 7) is 10.4. The molecule has 1 saturated heterocycles. The zero-order valence-corrected chi connectivity index (χ0v) is 18.2. The molecule has 0 aliphatic carbocycles. The number of allylic oxidation sites excluding steroid dienone is 2. The molecule has 0 N–H and O–H groups in total. The van der Waals surface area contributed by atoms with Crippen molar-refractivity contribution in [2.45, 2.75) is 26.9 Å². The molecule has 2 rings (SSSR count). The first-order chi connectivity index (χ1) is 13.1. The predicted octanol–water partition coefficient (Wildman–Crippen LogP) is 4.96. The zero-order chi connectivity index (χ0) is 21.5. The van der Waals surface area contributed by atoms with Crippen LogP contribution in [0.3, 0.4) is 0 Å². The van der Waals surface area contributed by atoms with E-state index < -0.39 is 21.8 Å². The lowest BCUT2D eigenvalue weighted by atomic mass is 10.1. The molecule has 0 saturated carbocycles. The van der Waals surface area contributed by atoms with Crippen LogP contribution in [0.15, 0.2) is 41.2 Å². The Morgan fingerprint density at radius 2 is 1.61 bits per heavy atom. The fourth-order valence-electron chi connectivity index (χ4n) is 2.72. The van der Waals surface area contributed by atoms with Crippen LogP contribution < -0.4 is 4.90 Å². The minimum atomic E-state index is -4.46. The van der Waals surface area contributed by atoms with Gasteiger partial charge in [0.15, 0.2) is 0 Å². The van der Waals surface area contributed by atoms with Crippen LogP contribution in [0.2, 0.25) is 0 Å². The topological polar surface area (TPSA) is 40.6 Å². The van der Waals surface area contributed by atoms with E-state index >= 15 is 0 Å². The van der Waals surface area contributed by atoms with Crippen molar-refractivity contribution in [3.8, 4) is 0 Å². The van der Waals surface area contributed by atoms with E-state index in [1.807, 2.05) is 18.7 Å². The number of piperazine rings is 1. The summed E-state index contributed by atoms with van der Waals surface area (Å²) in [7, 11) is -3.47. The lowest BCUT2D eigenvalue weighted by Crippen LogP contribution is -2.48. The summed E-state index contributed by atoms with van der Waals surface area (Å²) in [5.74, 6) is 0. The molecule has 0 bridgehead atoms. The normalized spacial score (nSPS) is 16.4. The number of hydrogen-bond acceptors (Lipinski definition) is 4. The molecular formula is C19H27F3N2O2S2. The number of thioether (sulfide) groups is 1. The van der Waals surface area contributed by atoms with Crippen LogP contribution in [0.5, 0.6) is 0 Å². The second kappa shape index (κ2) is 10.4. The van der Waals surface area contributed by atoms with Crippen LogP contribution in [0.25, 0.3) is 5.57 Å². The van der Waals surface area contributed by atoms with E-state index in [-0.39, 0.29) is 5.56 Å². The summed E-state index contributed by atoms with van der Waals surface area (Å²) in [6, 6.07) is 5.99. The Morgan fingerprint density at radius 1 is 1.11 bits per heavy atom. The Morgan fingerprint density at radius 3 is 2.00 bits per heavy atom. The van der Waals surface area contributed by atoms with Crippen LogP contribution in [0, 0.1) is 0 Å². The van der Waals surface area contributed by atoms with Crippen LogP contribution in [0.4, 0.5) is 18.9 Å². The van der Waals surface area contributed by atoms with Gasteiger partial charge in [-0.25, -0.2) is 8.42 Å². The van der Waals surface area contributed by atoms with Gasteiger partial charge in [0.05, 0.1) is 5.57 Å². The van der Waals surface area contributed by atoms with Crippen molar-refractivity contribution in [1.29, 1.82) is 0 Å². The van der Waals surface area contributed by atoms with Crippen molar-refractivity contribution >= 4 is 33.0 Å². The van der Waals surface area contributed by atoms with Crippen molar-refractivity contribution in [3.05, 3.63) is 46.7 Å². The van der Waals surface area contributed by atoms with Crippen molar-refractivity contribution in [1.82, 2.24) is 4.31 Å². The summed E-state index contributed by atoms with van der Waals surface area (Å²) in [6.07, 6.45) is -1.15. The molecule has 28 heavy (non-hydrogen) atoms. The Hall–Kier alpha value is -1.45. The molecule has 9 heteroatoms. The lowest BCUT2D eigenvalue weighted by molar-refractivity contribution is -0.0686. The quantitative estimate of drug-likeness (QED) is 0.654. The number of rotatable bonds is 5. The first-order valence-electron chi connectivity index (χ1n) is 8.93. The molecule has 1 aromatic carbocycles. The van der Waals surface area contributed by atoms with Gasteiger partial charge in [0, 0.05) is 31.9 Å². The molecule has 0 amide bonds. The molecular weight excluding hydrogens is 409 g/mol. The summed E-state index contributed by atoms with van der Waals surface area (Å²) in [5.41, 5.74) is -0.0898. The SMILES string of the molecule is C=C(c1ccc(N2CCN(S(=O)(=O)/C(=C/C)SC)CC2)cc1)C(F)(F)F.CC. The third-order valence-corrected chi connectivity index (χ3v) is 7.75. The molecule has 0 aromatic heterocycles. The van der Waals surface area contributed by atoms with Crippen molar-refractivity contribution in [2.75, 3.05) is 37.3 Å². The van der Waals surface area contributed by atoms with E-state index in [9.17, 15) is 21.6 Å². The monoisotopic (exact) mass is 436 g/mol. The van der Waals surface area contributed by atoms with Crippen LogP contribution in [-0.4, -0.2) is 51.3 Å². The Labute approximate surface area is 170 Å². The maximum absolute atomic E-state index is 12.7. The summed E-state index contributed by atoms with van der Waals surface area (Å²) in [4.78, 5) is 1.96. The Kier molecular flexibility index (Phi) is 9.10. The molecule has 4 nitrogen and oxygen atoms in total. The summed E-state index contributed by atoms with van der Waals surface area (Å²) >= 11 is 1.19. The summed E-state index contributed by atoms with van der Waals surface area (Å²) < 4.78 is 64.8. The van der Waals surface area contributed by atoms with Crippen LogP contribution in [0.1, 0.15) is 26.3 Å². The van der Waals surface area contributed by atoms with Crippen molar-refractivity contribution < 1.29 is 21.6 Å². The van der Waals surface area contributed by atoms with E-state index in [0.717, 1.165) is 5.69 Å². The van der Waals surface area contributed by atoms with Gasteiger partial charge >= 0.3 is 6.18 Å². The highest BCUT2D eigenvalue weighted by molar-refractivity contribution is 8.17. The largest absolute Gasteiger partial charge is 0.416 e. The molecule has 1 aliphatic heterocycles. The minimum Gasteiger partial charge on any atom is -0.369 e. The molecule has 1 aliphatic rings. The van der Waals surface area contributed by atoms with Gasteiger partial charge in [0.25, 0.3) is 0 Å². The van der Waals surface area contributed by atoms with Gasteiger partial charge in [-0.2, -0.15) is 17.5 Å². The van der Waals surface area contributed by atoms with Crippen molar-refractivity contribution in [2.24, 2.45) is 0 Å². The molecule has 1 heterocycles. The van der Waals surface area contributed by atoms with E-state index in [0.29, 0.717) is 30.4 Å². The Bertz CT molecular complexity index is 780. The lowest BCUT2D eigenvalue weighted by Gasteiger charge is -2.35. The first-order valence-corrected chi connectivity index (χ1v) is 11.6. The minimum absolute atomic E-state index is 0.0279. The number of anilines is 1. The number of hydrogen-bond donors (Lipinski definition) is 0. The van der Waals surface area contributed by atoms with Gasteiger partial charge in [-0.15, -0.1) is 11.8 Å². The van der Waals surface area contributed by atoms with Crippen LogP contribution >= 0.6 is 11.8 Å². The number of sulfonamides is 1. The van der Waals surface area contributed by atoms with Crippen LogP contribution in [-0.2, 0) is 10.0 Å².